The minimum absolute atomic E-state index is 0.118. The highest BCUT2D eigenvalue weighted by atomic mass is 15.2. The molecular weight excluding hydrogens is 773 g/mol. The van der Waals surface area contributed by atoms with Gasteiger partial charge in [-0.1, -0.05) is 187 Å². The molecule has 0 atom stereocenters. The lowest BCUT2D eigenvalue weighted by molar-refractivity contribution is 0.591. The van der Waals surface area contributed by atoms with E-state index in [1.54, 1.807) is 0 Å². The Morgan fingerprint density at radius 2 is 0.625 bits per heavy atom. The molecule has 0 saturated carbocycles. The van der Waals surface area contributed by atoms with Gasteiger partial charge in [0.05, 0.1) is 22.7 Å². The van der Waals surface area contributed by atoms with E-state index in [0.29, 0.717) is 0 Å². The third kappa shape index (κ3) is 7.18. The van der Waals surface area contributed by atoms with Crippen LogP contribution in [-0.4, -0.2) is 0 Å². The molecule has 0 saturated heterocycles. The van der Waals surface area contributed by atoms with Crippen LogP contribution in [0.2, 0.25) is 0 Å². The van der Waals surface area contributed by atoms with Crippen LogP contribution in [0.5, 0.6) is 0 Å². The van der Waals surface area contributed by atoms with Crippen LogP contribution in [0.1, 0.15) is 63.8 Å². The van der Waals surface area contributed by atoms with Crippen LogP contribution in [0.25, 0.3) is 54.6 Å². The van der Waals surface area contributed by atoms with Crippen molar-refractivity contribution in [3.05, 3.63) is 216 Å². The molecule has 0 aromatic heterocycles. The molecule has 0 heterocycles. The number of aryl methyl sites for hydroxylation is 2. The first-order valence-corrected chi connectivity index (χ1v) is 22.7. The fraction of sp³-hybridized carbons (Fsp3) is 0.161. The monoisotopic (exact) mass is 828 g/mol. The highest BCUT2D eigenvalue weighted by Gasteiger charge is 2.29. The number of para-hydroxylation sites is 2. The third-order valence-electron chi connectivity index (χ3n) is 13.1. The normalized spacial score (nSPS) is 12.1. The molecule has 10 aromatic carbocycles. The topological polar surface area (TPSA) is 6.48 Å². The van der Waals surface area contributed by atoms with Crippen molar-refractivity contribution in [1.29, 1.82) is 0 Å². The Morgan fingerprint density at radius 1 is 0.297 bits per heavy atom. The van der Waals surface area contributed by atoms with Gasteiger partial charge in [-0.15, -0.1) is 0 Å². The molecule has 2 heteroatoms. The molecule has 0 spiro atoms. The second kappa shape index (κ2) is 15.9. The summed E-state index contributed by atoms with van der Waals surface area (Å²) in [6.07, 6.45) is 0. The second-order valence-electron chi connectivity index (χ2n) is 19.5. The maximum atomic E-state index is 2.53. The molecule has 0 amide bonds. The Labute approximate surface area is 379 Å². The lowest BCUT2D eigenvalue weighted by Crippen LogP contribution is -2.20. The van der Waals surface area contributed by atoms with Crippen LogP contribution < -0.4 is 9.80 Å². The van der Waals surface area contributed by atoms with Crippen molar-refractivity contribution in [2.45, 2.75) is 66.2 Å². The van der Waals surface area contributed by atoms with Gasteiger partial charge in [0, 0.05) is 22.1 Å². The van der Waals surface area contributed by atoms with Crippen molar-refractivity contribution in [3.63, 3.8) is 0 Å². The molecule has 64 heavy (non-hydrogen) atoms. The average molecular weight is 829 g/mol. The van der Waals surface area contributed by atoms with Crippen molar-refractivity contribution < 1.29 is 0 Å². The molecule has 0 N–H and O–H groups in total. The Hall–Kier alpha value is -7.16. The summed E-state index contributed by atoms with van der Waals surface area (Å²) >= 11 is 0. The minimum atomic E-state index is -0.118. The summed E-state index contributed by atoms with van der Waals surface area (Å²) in [4.78, 5) is 5.06. The number of hydrogen-bond donors (Lipinski definition) is 0. The van der Waals surface area contributed by atoms with E-state index in [1.165, 1.54) is 99.6 Å². The largest absolute Gasteiger partial charge is 0.310 e. The zero-order valence-corrected chi connectivity index (χ0v) is 38.4. The van der Waals surface area contributed by atoms with E-state index in [1.807, 2.05) is 0 Å². The van der Waals surface area contributed by atoms with Crippen LogP contribution in [0.3, 0.4) is 0 Å². The molecule has 0 aliphatic heterocycles. The lowest BCUT2D eigenvalue weighted by Gasteiger charge is -2.35. The van der Waals surface area contributed by atoms with Crippen molar-refractivity contribution in [1.82, 2.24) is 0 Å². The molecular formula is C62H56N2. The molecule has 0 bridgehead atoms. The van der Waals surface area contributed by atoms with Gasteiger partial charge in [-0.2, -0.15) is 0 Å². The molecule has 0 radical (unpaired) electrons. The molecule has 314 valence electrons. The maximum absolute atomic E-state index is 2.53. The molecule has 10 aromatic rings. The van der Waals surface area contributed by atoms with E-state index in [2.05, 4.69) is 259 Å². The minimum Gasteiger partial charge on any atom is -0.310 e. The number of nitrogens with zero attached hydrogens (tertiary/aromatic N) is 2. The summed E-state index contributed by atoms with van der Waals surface area (Å²) in [5.74, 6) is 0. The summed E-state index contributed by atoms with van der Waals surface area (Å²) in [6, 6.07) is 71.9. The van der Waals surface area contributed by atoms with Gasteiger partial charge in [-0.05, 0) is 139 Å². The van der Waals surface area contributed by atoms with Crippen LogP contribution in [0.15, 0.2) is 194 Å². The molecule has 2 nitrogen and oxygen atoms in total. The van der Waals surface area contributed by atoms with Gasteiger partial charge in [-0.3, -0.25) is 0 Å². The summed E-state index contributed by atoms with van der Waals surface area (Å²) in [6.45, 7) is 18.6. The zero-order valence-electron chi connectivity index (χ0n) is 38.4. The average Bonchev–Trinajstić information content (AvgIpc) is 3.30. The number of anilines is 6. The highest BCUT2D eigenvalue weighted by molar-refractivity contribution is 6.29. The van der Waals surface area contributed by atoms with Gasteiger partial charge in [0.2, 0.25) is 0 Å². The summed E-state index contributed by atoms with van der Waals surface area (Å²) in [7, 11) is 0. The first-order chi connectivity index (χ1) is 30.9. The van der Waals surface area contributed by atoms with Crippen molar-refractivity contribution in [2.75, 3.05) is 9.80 Å². The standard InChI is InChI=1S/C62H56N2/c1-41-37-55(63(47-25-17-11-18-26-47)57-39-45(43-21-13-9-14-22-43)29-35-53(57)61(3,4)5)51-34-32-50-42(2)38-56(52-33-31-49(41)59(51)60(50)52)64(48-27-19-12-20-28-48)58-40-46(44-23-15-10-16-24-44)30-36-54(58)62(6,7)8/h9-40H,1-8H3. The van der Waals surface area contributed by atoms with E-state index < -0.39 is 0 Å². The van der Waals surface area contributed by atoms with Gasteiger partial charge in [0.25, 0.3) is 0 Å². The van der Waals surface area contributed by atoms with Gasteiger partial charge >= 0.3 is 0 Å². The quantitative estimate of drug-likeness (QED) is 0.141. The van der Waals surface area contributed by atoms with Crippen molar-refractivity contribution in [2.24, 2.45) is 0 Å². The fourth-order valence-electron chi connectivity index (χ4n) is 9.96. The molecule has 0 unspecified atom stereocenters. The Balaban J connectivity index is 1.29. The second-order valence-corrected chi connectivity index (χ2v) is 19.5. The van der Waals surface area contributed by atoms with E-state index in [9.17, 15) is 0 Å². The fourth-order valence-corrected chi connectivity index (χ4v) is 9.96. The Kier molecular flexibility index (Phi) is 10.1. The SMILES string of the molecule is Cc1cc(N(c2ccccc2)c2cc(-c3ccccc3)ccc2C(C)(C)C)c2ccc3c(C)cc(N(c4ccccc4)c4cc(-c5ccccc5)ccc4C(C)(C)C)c4ccc1c2c34. The number of rotatable bonds is 8. The van der Waals surface area contributed by atoms with Crippen LogP contribution in [0.4, 0.5) is 34.1 Å². The van der Waals surface area contributed by atoms with E-state index in [0.717, 1.165) is 11.4 Å². The van der Waals surface area contributed by atoms with E-state index in [-0.39, 0.29) is 10.8 Å². The Morgan fingerprint density at radius 3 is 0.969 bits per heavy atom. The van der Waals surface area contributed by atoms with Crippen LogP contribution in [-0.2, 0) is 10.8 Å². The molecule has 10 rings (SSSR count). The summed E-state index contributed by atoms with van der Waals surface area (Å²) in [5, 5.41) is 7.63. The highest BCUT2D eigenvalue weighted by Crippen LogP contribution is 2.52. The predicted octanol–water partition coefficient (Wildman–Crippen LogP) is 18.1. The van der Waals surface area contributed by atoms with Gasteiger partial charge in [0.15, 0.2) is 0 Å². The number of hydrogen-bond acceptors (Lipinski definition) is 2. The zero-order chi connectivity index (χ0) is 44.3. The molecule has 0 aliphatic carbocycles. The smallest absolute Gasteiger partial charge is 0.0543 e. The van der Waals surface area contributed by atoms with Crippen molar-refractivity contribution in [3.8, 4) is 22.3 Å². The maximum Gasteiger partial charge on any atom is 0.0543 e. The van der Waals surface area contributed by atoms with Crippen LogP contribution in [0, 0.1) is 13.8 Å². The van der Waals surface area contributed by atoms with Crippen molar-refractivity contribution >= 4 is 66.4 Å². The molecule has 0 fully saturated rings. The lowest BCUT2D eigenvalue weighted by atomic mass is 9.83. The third-order valence-corrected chi connectivity index (χ3v) is 13.1. The van der Waals surface area contributed by atoms with Crippen LogP contribution >= 0.6 is 0 Å². The predicted molar refractivity (Wildman–Crippen MR) is 277 cm³/mol. The van der Waals surface area contributed by atoms with E-state index >= 15 is 0 Å². The van der Waals surface area contributed by atoms with E-state index in [4.69, 9.17) is 0 Å². The van der Waals surface area contributed by atoms with Gasteiger partial charge in [0.1, 0.15) is 0 Å². The Bertz CT molecular complexity index is 3060. The summed E-state index contributed by atoms with van der Waals surface area (Å²) in [5.41, 5.74) is 16.7. The van der Waals surface area contributed by atoms with Gasteiger partial charge in [-0.25, -0.2) is 0 Å². The number of benzene rings is 10. The first-order valence-electron chi connectivity index (χ1n) is 22.7. The molecule has 0 aliphatic rings. The summed E-state index contributed by atoms with van der Waals surface area (Å²) < 4.78 is 0. The first kappa shape index (κ1) is 40.9. The van der Waals surface area contributed by atoms with Gasteiger partial charge < -0.3 is 9.80 Å².